The highest BCUT2D eigenvalue weighted by atomic mass is 19.3. The molecule has 6 rings (SSSR count). The molecule has 4 aromatic rings. The highest BCUT2D eigenvalue weighted by Gasteiger charge is 2.26. The third kappa shape index (κ3) is 3.59. The summed E-state index contributed by atoms with van der Waals surface area (Å²) >= 11 is 0. The molecule has 1 aromatic carbocycles. The van der Waals surface area contributed by atoms with Gasteiger partial charge < -0.3 is 19.4 Å². The second-order valence-corrected chi connectivity index (χ2v) is 8.15. The van der Waals surface area contributed by atoms with Crippen molar-refractivity contribution in [2.75, 3.05) is 44.4 Å². The molecule has 0 radical (unpaired) electrons. The van der Waals surface area contributed by atoms with E-state index in [1.165, 1.54) is 0 Å². The number of anilines is 1. The molecule has 1 N–H and O–H groups in total. The number of fused-ring (bicyclic) bond motifs is 2. The van der Waals surface area contributed by atoms with Gasteiger partial charge in [0.15, 0.2) is 17.0 Å². The van der Waals surface area contributed by atoms with Crippen molar-refractivity contribution in [1.29, 1.82) is 0 Å². The Balaban J connectivity index is 1.56. The maximum Gasteiger partial charge on any atom is 0.295 e. The molecule has 5 heterocycles. The van der Waals surface area contributed by atoms with Crippen molar-refractivity contribution in [3.63, 3.8) is 0 Å². The Morgan fingerprint density at radius 1 is 0.970 bits per heavy atom. The topological polar surface area (TPSA) is 107 Å². The number of H-pyrrole nitrogens is 1. The van der Waals surface area contributed by atoms with Gasteiger partial charge in [0, 0.05) is 31.9 Å². The van der Waals surface area contributed by atoms with Crippen LogP contribution in [0, 0.1) is 0 Å². The van der Waals surface area contributed by atoms with Gasteiger partial charge in [0.2, 0.25) is 5.95 Å². The number of imidazole rings is 1. The van der Waals surface area contributed by atoms with E-state index in [-0.39, 0.29) is 11.9 Å². The fourth-order valence-corrected chi connectivity index (χ4v) is 4.43. The van der Waals surface area contributed by atoms with Gasteiger partial charge in [0.25, 0.3) is 6.43 Å². The zero-order chi connectivity index (χ0) is 22.4. The molecule has 2 saturated heterocycles. The minimum Gasteiger partial charge on any atom is -0.381 e. The minimum absolute atomic E-state index is 0.121. The molecule has 0 bridgehead atoms. The molecule has 10 nitrogen and oxygen atoms in total. The summed E-state index contributed by atoms with van der Waals surface area (Å²) in [4.78, 5) is 18.6. The first-order valence-corrected chi connectivity index (χ1v) is 11.0. The molecule has 0 atom stereocenters. The molecule has 0 aliphatic carbocycles. The molecule has 2 aliphatic rings. The van der Waals surface area contributed by atoms with Crippen LogP contribution in [0.4, 0.5) is 14.7 Å². The Labute approximate surface area is 186 Å². The average molecular weight is 456 g/mol. The van der Waals surface area contributed by atoms with Crippen molar-refractivity contribution >= 4 is 28.1 Å². The van der Waals surface area contributed by atoms with E-state index in [0.29, 0.717) is 78.9 Å². The lowest BCUT2D eigenvalue weighted by Crippen LogP contribution is -2.37. The van der Waals surface area contributed by atoms with E-state index in [4.69, 9.17) is 19.4 Å². The molecule has 3 aromatic heterocycles. The number of rotatable bonds is 4. The van der Waals surface area contributed by atoms with Crippen LogP contribution in [0.5, 0.6) is 0 Å². The standard InChI is InChI=1S/C21H22F2N8O2/c22-18(23)19-24-14-3-1-2-13(15(14)25-19)16-17-20(27-21(26-16)30-6-10-33-11-7-30)31(29-28-17)12-4-8-32-9-5-12/h1-3,12,18H,4-11H2,(H,24,25). The van der Waals surface area contributed by atoms with Crippen LogP contribution in [0.1, 0.15) is 31.1 Å². The smallest absolute Gasteiger partial charge is 0.295 e. The number of aromatic nitrogens is 7. The summed E-state index contributed by atoms with van der Waals surface area (Å²) in [7, 11) is 0. The van der Waals surface area contributed by atoms with Crippen molar-refractivity contribution in [3.05, 3.63) is 24.0 Å². The number of morpholine rings is 1. The van der Waals surface area contributed by atoms with E-state index < -0.39 is 6.43 Å². The van der Waals surface area contributed by atoms with Gasteiger partial charge in [-0.3, -0.25) is 0 Å². The highest BCUT2D eigenvalue weighted by Crippen LogP contribution is 2.34. The number of ether oxygens (including phenoxy) is 2. The van der Waals surface area contributed by atoms with E-state index in [1.807, 2.05) is 10.7 Å². The van der Waals surface area contributed by atoms with Gasteiger partial charge in [0.1, 0.15) is 5.69 Å². The number of nitrogens with zero attached hydrogens (tertiary/aromatic N) is 7. The van der Waals surface area contributed by atoms with Crippen LogP contribution in [0.15, 0.2) is 18.2 Å². The highest BCUT2D eigenvalue weighted by molar-refractivity contribution is 5.98. The van der Waals surface area contributed by atoms with Crippen LogP contribution in [0.2, 0.25) is 0 Å². The fraction of sp³-hybridized carbons (Fsp3) is 0.476. The molecule has 2 aliphatic heterocycles. The molecule has 12 heteroatoms. The van der Waals surface area contributed by atoms with Gasteiger partial charge in [-0.2, -0.15) is 4.98 Å². The molecule has 2 fully saturated rings. The number of nitrogens with one attached hydrogen (secondary N) is 1. The molecular weight excluding hydrogens is 434 g/mol. The van der Waals surface area contributed by atoms with Gasteiger partial charge >= 0.3 is 0 Å². The average Bonchev–Trinajstić information content (AvgIpc) is 3.49. The number of benzene rings is 1. The van der Waals surface area contributed by atoms with Crippen LogP contribution in [0.25, 0.3) is 33.5 Å². The van der Waals surface area contributed by atoms with E-state index in [0.717, 1.165) is 12.8 Å². The maximum atomic E-state index is 13.3. The van der Waals surface area contributed by atoms with Crippen molar-refractivity contribution in [3.8, 4) is 11.3 Å². The summed E-state index contributed by atoms with van der Waals surface area (Å²) in [5.41, 5.74) is 3.21. The maximum absolute atomic E-state index is 13.3. The minimum atomic E-state index is -2.70. The molecule has 172 valence electrons. The van der Waals surface area contributed by atoms with Crippen LogP contribution in [-0.4, -0.2) is 74.4 Å². The molecule has 0 amide bonds. The Morgan fingerprint density at radius 3 is 2.55 bits per heavy atom. The first-order valence-electron chi connectivity index (χ1n) is 11.0. The van der Waals surface area contributed by atoms with Gasteiger partial charge in [-0.15, -0.1) is 5.10 Å². The summed E-state index contributed by atoms with van der Waals surface area (Å²) in [5, 5.41) is 8.85. The van der Waals surface area contributed by atoms with Crippen LogP contribution >= 0.6 is 0 Å². The first-order chi connectivity index (χ1) is 16.2. The molecule has 0 unspecified atom stereocenters. The second kappa shape index (κ2) is 8.27. The Kier molecular flexibility index (Phi) is 5.10. The number of hydrogen-bond donors (Lipinski definition) is 1. The van der Waals surface area contributed by atoms with Crippen molar-refractivity contribution in [2.24, 2.45) is 0 Å². The third-order valence-corrected chi connectivity index (χ3v) is 6.14. The van der Waals surface area contributed by atoms with Gasteiger partial charge in [-0.25, -0.2) is 23.4 Å². The monoisotopic (exact) mass is 456 g/mol. The van der Waals surface area contributed by atoms with E-state index >= 15 is 0 Å². The molecule has 0 spiro atoms. The van der Waals surface area contributed by atoms with Crippen molar-refractivity contribution < 1.29 is 18.3 Å². The first kappa shape index (κ1) is 20.4. The lowest BCUT2D eigenvalue weighted by Gasteiger charge is -2.27. The number of halogens is 2. The normalized spacial score (nSPS) is 18.1. The second-order valence-electron chi connectivity index (χ2n) is 8.15. The predicted molar refractivity (Wildman–Crippen MR) is 115 cm³/mol. The Bertz CT molecular complexity index is 1290. The van der Waals surface area contributed by atoms with E-state index in [9.17, 15) is 8.78 Å². The van der Waals surface area contributed by atoms with Crippen molar-refractivity contribution in [2.45, 2.75) is 25.3 Å². The summed E-state index contributed by atoms with van der Waals surface area (Å²) in [5.74, 6) is 0.167. The van der Waals surface area contributed by atoms with E-state index in [2.05, 4.69) is 25.2 Å². The third-order valence-electron chi connectivity index (χ3n) is 6.14. The lowest BCUT2D eigenvalue weighted by atomic mass is 10.1. The molecule has 0 saturated carbocycles. The molecular formula is C21H22F2N8O2. The van der Waals surface area contributed by atoms with Crippen LogP contribution in [0.3, 0.4) is 0 Å². The van der Waals surface area contributed by atoms with E-state index in [1.54, 1.807) is 12.1 Å². The van der Waals surface area contributed by atoms with Gasteiger partial charge in [-0.05, 0) is 18.9 Å². The number of alkyl halides is 2. The quantitative estimate of drug-likeness (QED) is 0.500. The number of aromatic amines is 1. The predicted octanol–water partition coefficient (Wildman–Crippen LogP) is 2.89. The van der Waals surface area contributed by atoms with Gasteiger partial charge in [-0.1, -0.05) is 17.3 Å². The molecule has 33 heavy (non-hydrogen) atoms. The number of para-hydroxylation sites is 1. The fourth-order valence-electron chi connectivity index (χ4n) is 4.43. The zero-order valence-corrected chi connectivity index (χ0v) is 17.7. The zero-order valence-electron chi connectivity index (χ0n) is 17.7. The SMILES string of the molecule is FC(F)c1nc2c(-c3nc(N4CCOCC4)nc4c3nnn4C3CCOCC3)cccc2[nH]1. The van der Waals surface area contributed by atoms with Gasteiger partial charge in [0.05, 0.1) is 30.3 Å². The summed E-state index contributed by atoms with van der Waals surface area (Å²) in [6, 6.07) is 5.45. The summed E-state index contributed by atoms with van der Waals surface area (Å²) < 4.78 is 39.5. The van der Waals surface area contributed by atoms with Crippen LogP contribution < -0.4 is 4.90 Å². The Morgan fingerprint density at radius 2 is 1.76 bits per heavy atom. The number of hydrogen-bond acceptors (Lipinski definition) is 8. The Hall–Kier alpha value is -3.25. The van der Waals surface area contributed by atoms with Crippen LogP contribution in [-0.2, 0) is 9.47 Å². The summed E-state index contributed by atoms with van der Waals surface area (Å²) in [6.45, 7) is 3.80. The summed E-state index contributed by atoms with van der Waals surface area (Å²) in [6.07, 6.45) is -1.07. The van der Waals surface area contributed by atoms with Crippen molar-refractivity contribution in [1.82, 2.24) is 34.9 Å². The lowest BCUT2D eigenvalue weighted by molar-refractivity contribution is 0.0668. The largest absolute Gasteiger partial charge is 0.381 e.